The lowest BCUT2D eigenvalue weighted by Gasteiger charge is -2.22. The van der Waals surface area contributed by atoms with E-state index in [2.05, 4.69) is 0 Å². The van der Waals surface area contributed by atoms with Crippen LogP contribution in [0.3, 0.4) is 0 Å². The zero-order valence-corrected chi connectivity index (χ0v) is 9.23. The third-order valence-corrected chi connectivity index (χ3v) is 2.22. The van der Waals surface area contributed by atoms with Crippen molar-refractivity contribution in [1.82, 2.24) is 0 Å². The van der Waals surface area contributed by atoms with Gasteiger partial charge in [-0.2, -0.15) is 0 Å². The zero-order chi connectivity index (χ0) is 11.1. The van der Waals surface area contributed by atoms with Crippen molar-refractivity contribution in [2.24, 2.45) is 5.92 Å². The van der Waals surface area contributed by atoms with Crippen LogP contribution in [0.2, 0.25) is 0 Å². The van der Waals surface area contributed by atoms with Crippen molar-refractivity contribution in [3.63, 3.8) is 0 Å². The molecule has 0 aliphatic carbocycles. The number of ether oxygens (including phenoxy) is 4. The number of hydrogen-bond donors (Lipinski definition) is 0. The van der Waals surface area contributed by atoms with Gasteiger partial charge in [-0.05, 0) is 5.92 Å². The van der Waals surface area contributed by atoms with Gasteiger partial charge in [0.2, 0.25) is 0 Å². The molecule has 5 heteroatoms. The van der Waals surface area contributed by atoms with Crippen molar-refractivity contribution in [1.29, 1.82) is 0 Å². The first-order chi connectivity index (χ1) is 7.22. The van der Waals surface area contributed by atoms with E-state index in [-0.39, 0.29) is 12.9 Å². The van der Waals surface area contributed by atoms with E-state index >= 15 is 0 Å². The average molecular weight is 218 g/mol. The van der Waals surface area contributed by atoms with Gasteiger partial charge < -0.3 is 18.9 Å². The summed E-state index contributed by atoms with van der Waals surface area (Å²) >= 11 is 0. The molecule has 0 spiro atoms. The highest BCUT2D eigenvalue weighted by Crippen LogP contribution is 2.05. The zero-order valence-electron chi connectivity index (χ0n) is 9.23. The van der Waals surface area contributed by atoms with Crippen LogP contribution in [0.4, 0.5) is 4.79 Å². The Morgan fingerprint density at radius 3 is 2.73 bits per heavy atom. The summed E-state index contributed by atoms with van der Waals surface area (Å²) in [5, 5.41) is 0. The molecule has 0 aromatic rings. The molecule has 1 saturated heterocycles. The normalized spacial score (nSPS) is 19.6. The molecular formula is C10H18O5. The van der Waals surface area contributed by atoms with Gasteiger partial charge in [0.15, 0.2) is 6.10 Å². The van der Waals surface area contributed by atoms with Crippen molar-refractivity contribution >= 4 is 6.16 Å². The van der Waals surface area contributed by atoms with E-state index in [1.807, 2.05) is 13.8 Å². The first-order valence-corrected chi connectivity index (χ1v) is 5.21. The van der Waals surface area contributed by atoms with Crippen molar-refractivity contribution < 1.29 is 23.7 Å². The Morgan fingerprint density at radius 2 is 2.13 bits per heavy atom. The lowest BCUT2D eigenvalue weighted by atomic mass is 10.1. The van der Waals surface area contributed by atoms with Crippen molar-refractivity contribution in [2.45, 2.75) is 26.4 Å². The van der Waals surface area contributed by atoms with E-state index in [0.29, 0.717) is 25.7 Å². The van der Waals surface area contributed by atoms with Crippen molar-refractivity contribution in [3.05, 3.63) is 0 Å². The van der Waals surface area contributed by atoms with Gasteiger partial charge in [0.05, 0.1) is 19.8 Å². The summed E-state index contributed by atoms with van der Waals surface area (Å²) < 4.78 is 19.8. The standard InChI is InChI=1S/C10H18O5/c1-3-8(2)4-14-10(11)15-9-5-12-7-13-6-9/h8-9H,3-7H2,1-2H3. The maximum absolute atomic E-state index is 11.2. The first-order valence-electron chi connectivity index (χ1n) is 5.21. The summed E-state index contributed by atoms with van der Waals surface area (Å²) in [6, 6.07) is 0. The molecular weight excluding hydrogens is 200 g/mol. The quantitative estimate of drug-likeness (QED) is 0.670. The van der Waals surface area contributed by atoms with E-state index in [1.165, 1.54) is 0 Å². The molecule has 0 aromatic heterocycles. The second kappa shape index (κ2) is 6.63. The topological polar surface area (TPSA) is 54.0 Å². The van der Waals surface area contributed by atoms with Crippen LogP contribution >= 0.6 is 0 Å². The minimum Gasteiger partial charge on any atom is -0.434 e. The van der Waals surface area contributed by atoms with Crippen LogP contribution in [0.5, 0.6) is 0 Å². The largest absolute Gasteiger partial charge is 0.508 e. The summed E-state index contributed by atoms with van der Waals surface area (Å²) in [6.45, 7) is 5.46. The van der Waals surface area contributed by atoms with Crippen LogP contribution in [0.1, 0.15) is 20.3 Å². The minimum atomic E-state index is -0.644. The number of carbonyl (C=O) groups is 1. The van der Waals surface area contributed by atoms with Gasteiger partial charge >= 0.3 is 6.16 Å². The van der Waals surface area contributed by atoms with Gasteiger partial charge in [0.25, 0.3) is 0 Å². The number of hydrogen-bond acceptors (Lipinski definition) is 5. The molecule has 5 nitrogen and oxygen atoms in total. The van der Waals surface area contributed by atoms with Gasteiger partial charge in [-0.3, -0.25) is 0 Å². The molecule has 1 aliphatic heterocycles. The monoisotopic (exact) mass is 218 g/mol. The van der Waals surface area contributed by atoms with Gasteiger partial charge in [-0.25, -0.2) is 4.79 Å². The molecule has 0 aromatic carbocycles. The van der Waals surface area contributed by atoms with E-state index in [0.717, 1.165) is 6.42 Å². The summed E-state index contributed by atoms with van der Waals surface area (Å²) in [7, 11) is 0. The maximum atomic E-state index is 11.2. The predicted octanol–water partition coefficient (Wildman–Crippen LogP) is 1.56. The molecule has 0 saturated carbocycles. The van der Waals surface area contributed by atoms with E-state index in [4.69, 9.17) is 18.9 Å². The molecule has 1 heterocycles. The molecule has 1 unspecified atom stereocenters. The molecule has 0 radical (unpaired) electrons. The third kappa shape index (κ3) is 4.99. The van der Waals surface area contributed by atoms with Crippen molar-refractivity contribution in [2.75, 3.05) is 26.6 Å². The SMILES string of the molecule is CCC(C)COC(=O)OC1COCOC1. The smallest absolute Gasteiger partial charge is 0.434 e. The lowest BCUT2D eigenvalue weighted by Crippen LogP contribution is -2.33. The molecule has 1 fully saturated rings. The summed E-state index contributed by atoms with van der Waals surface area (Å²) in [4.78, 5) is 11.2. The van der Waals surface area contributed by atoms with Crippen LogP contribution in [-0.4, -0.2) is 38.9 Å². The van der Waals surface area contributed by atoms with Gasteiger partial charge in [0.1, 0.15) is 6.79 Å². The molecule has 88 valence electrons. The number of carbonyl (C=O) groups excluding carboxylic acids is 1. The van der Waals surface area contributed by atoms with Crippen LogP contribution in [0.15, 0.2) is 0 Å². The predicted molar refractivity (Wildman–Crippen MR) is 52.4 cm³/mol. The summed E-state index contributed by atoms with van der Waals surface area (Å²) in [5.74, 6) is 0.358. The first kappa shape index (κ1) is 12.3. The maximum Gasteiger partial charge on any atom is 0.508 e. The van der Waals surface area contributed by atoms with E-state index in [9.17, 15) is 4.79 Å². The molecule has 1 rings (SSSR count). The second-order valence-electron chi connectivity index (χ2n) is 3.67. The second-order valence-corrected chi connectivity index (χ2v) is 3.67. The lowest BCUT2D eigenvalue weighted by molar-refractivity contribution is -0.158. The fourth-order valence-electron chi connectivity index (χ4n) is 1.03. The number of rotatable bonds is 4. The molecule has 1 atom stereocenters. The van der Waals surface area contributed by atoms with Gasteiger partial charge in [0, 0.05) is 0 Å². The molecule has 0 bridgehead atoms. The fraction of sp³-hybridized carbons (Fsp3) is 0.900. The van der Waals surface area contributed by atoms with Crippen LogP contribution in [-0.2, 0) is 18.9 Å². The van der Waals surface area contributed by atoms with Gasteiger partial charge in [-0.1, -0.05) is 20.3 Å². The Bertz CT molecular complexity index is 188. The Kier molecular flexibility index (Phi) is 5.42. The minimum absolute atomic E-state index is 0.266. The third-order valence-electron chi connectivity index (χ3n) is 2.22. The Hall–Kier alpha value is -0.810. The Balaban J connectivity index is 2.11. The van der Waals surface area contributed by atoms with Crippen LogP contribution in [0.25, 0.3) is 0 Å². The van der Waals surface area contributed by atoms with Crippen molar-refractivity contribution in [3.8, 4) is 0 Å². The molecule has 0 amide bonds. The highest BCUT2D eigenvalue weighted by Gasteiger charge is 2.19. The molecule has 15 heavy (non-hydrogen) atoms. The van der Waals surface area contributed by atoms with E-state index < -0.39 is 6.16 Å². The van der Waals surface area contributed by atoms with E-state index in [1.54, 1.807) is 0 Å². The fourth-order valence-corrected chi connectivity index (χ4v) is 1.03. The van der Waals surface area contributed by atoms with Gasteiger partial charge in [-0.15, -0.1) is 0 Å². The Labute approximate surface area is 89.6 Å². The molecule has 0 N–H and O–H groups in total. The highest BCUT2D eigenvalue weighted by atomic mass is 16.8. The van der Waals surface area contributed by atoms with Crippen LogP contribution in [0, 0.1) is 5.92 Å². The molecule has 1 aliphatic rings. The highest BCUT2D eigenvalue weighted by molar-refractivity contribution is 5.60. The summed E-state index contributed by atoms with van der Waals surface area (Å²) in [6.07, 6.45) is -0.0132. The summed E-state index contributed by atoms with van der Waals surface area (Å²) in [5.41, 5.74) is 0. The van der Waals surface area contributed by atoms with Crippen LogP contribution < -0.4 is 0 Å². The average Bonchev–Trinajstić information content (AvgIpc) is 2.27. The Morgan fingerprint density at radius 1 is 1.47 bits per heavy atom.